The van der Waals surface area contributed by atoms with Crippen LogP contribution in [0.2, 0.25) is 0 Å². The molecular weight excluding hydrogens is 170 g/mol. The van der Waals surface area contributed by atoms with Gasteiger partial charge in [-0.25, -0.2) is 0 Å². The molecule has 0 aromatic heterocycles. The van der Waals surface area contributed by atoms with Gasteiger partial charge in [-0.15, -0.1) is 0 Å². The second-order valence-electron chi connectivity index (χ2n) is 5.94. The smallest absolute Gasteiger partial charge is 0.0126 e. The minimum atomic E-state index is 0.472. The summed E-state index contributed by atoms with van der Waals surface area (Å²) in [7, 11) is 2.11. The molecule has 14 heavy (non-hydrogen) atoms. The van der Waals surface area contributed by atoms with Gasteiger partial charge in [-0.3, -0.25) is 0 Å². The van der Waals surface area contributed by atoms with E-state index >= 15 is 0 Å². The fourth-order valence-corrected chi connectivity index (χ4v) is 3.64. The van der Waals surface area contributed by atoms with Crippen LogP contribution in [0.25, 0.3) is 0 Å². The van der Waals surface area contributed by atoms with Gasteiger partial charge in [0.25, 0.3) is 0 Å². The van der Waals surface area contributed by atoms with E-state index in [1.807, 2.05) is 0 Å². The van der Waals surface area contributed by atoms with Gasteiger partial charge in [-0.05, 0) is 43.1 Å². The van der Waals surface area contributed by atoms with Crippen molar-refractivity contribution in [2.45, 2.75) is 59.9 Å². The molecule has 2 atom stereocenters. The van der Waals surface area contributed by atoms with E-state index in [0.717, 1.165) is 12.0 Å². The van der Waals surface area contributed by atoms with Crippen LogP contribution in [-0.2, 0) is 0 Å². The van der Waals surface area contributed by atoms with Crippen LogP contribution in [-0.4, -0.2) is 13.1 Å². The van der Waals surface area contributed by atoms with Crippen LogP contribution in [0.1, 0.15) is 53.9 Å². The van der Waals surface area contributed by atoms with Crippen LogP contribution in [0, 0.1) is 16.7 Å². The summed E-state index contributed by atoms with van der Waals surface area (Å²) >= 11 is 0. The summed E-state index contributed by atoms with van der Waals surface area (Å²) in [5.41, 5.74) is 1.03. The molecule has 84 valence electrons. The van der Waals surface area contributed by atoms with Crippen molar-refractivity contribution < 1.29 is 0 Å². The number of hydrogen-bond donors (Lipinski definition) is 1. The number of hydrogen-bond acceptors (Lipinski definition) is 1. The summed E-state index contributed by atoms with van der Waals surface area (Å²) in [4.78, 5) is 0. The Morgan fingerprint density at radius 2 is 1.71 bits per heavy atom. The molecule has 0 aromatic carbocycles. The monoisotopic (exact) mass is 197 g/mol. The van der Waals surface area contributed by atoms with Crippen molar-refractivity contribution in [3.05, 3.63) is 0 Å². The van der Waals surface area contributed by atoms with Crippen LogP contribution in [0.4, 0.5) is 0 Å². The highest BCUT2D eigenvalue weighted by atomic mass is 14.9. The highest BCUT2D eigenvalue weighted by Gasteiger charge is 2.55. The lowest BCUT2D eigenvalue weighted by Gasteiger charge is -2.61. The molecule has 1 heteroatoms. The number of rotatable bonds is 3. The lowest BCUT2D eigenvalue weighted by Crippen LogP contribution is -2.62. The zero-order valence-electron chi connectivity index (χ0n) is 10.8. The molecular formula is C13H27N. The molecule has 2 unspecified atom stereocenters. The maximum absolute atomic E-state index is 3.50. The average Bonchev–Trinajstić information content (AvgIpc) is 2.03. The molecule has 1 fully saturated rings. The summed E-state index contributed by atoms with van der Waals surface area (Å²) in [6, 6.07) is 0.752. The van der Waals surface area contributed by atoms with Crippen molar-refractivity contribution in [2.75, 3.05) is 7.05 Å². The molecule has 0 heterocycles. The molecule has 1 aliphatic rings. The number of nitrogens with one attached hydrogen (secondary N) is 1. The van der Waals surface area contributed by atoms with Gasteiger partial charge in [0.05, 0.1) is 0 Å². The van der Waals surface area contributed by atoms with Crippen molar-refractivity contribution in [3.63, 3.8) is 0 Å². The Balaban J connectivity index is 2.83. The maximum Gasteiger partial charge on any atom is 0.0126 e. The molecule has 0 amide bonds. The third-order valence-corrected chi connectivity index (χ3v) is 4.57. The molecule has 0 spiro atoms. The summed E-state index contributed by atoms with van der Waals surface area (Å²) < 4.78 is 0. The van der Waals surface area contributed by atoms with Crippen LogP contribution >= 0.6 is 0 Å². The predicted octanol–water partition coefficient (Wildman–Crippen LogP) is 3.45. The zero-order chi connectivity index (χ0) is 11.0. The van der Waals surface area contributed by atoms with E-state index in [-0.39, 0.29) is 0 Å². The first kappa shape index (κ1) is 12.0. The molecule has 0 radical (unpaired) electrons. The van der Waals surface area contributed by atoms with Gasteiger partial charge in [-0.1, -0.05) is 34.6 Å². The molecule has 1 N–H and O–H groups in total. The highest BCUT2D eigenvalue weighted by Crippen LogP contribution is 2.58. The van der Waals surface area contributed by atoms with Crippen LogP contribution in [0.5, 0.6) is 0 Å². The van der Waals surface area contributed by atoms with E-state index in [1.54, 1.807) is 0 Å². The molecule has 0 aliphatic heterocycles. The molecule has 0 bridgehead atoms. The van der Waals surface area contributed by atoms with E-state index < -0.39 is 0 Å². The molecule has 0 aromatic rings. The van der Waals surface area contributed by atoms with Crippen molar-refractivity contribution in [3.8, 4) is 0 Å². The average molecular weight is 197 g/mol. The van der Waals surface area contributed by atoms with E-state index in [4.69, 9.17) is 0 Å². The first-order valence-electron chi connectivity index (χ1n) is 6.09. The minimum absolute atomic E-state index is 0.472. The quantitative estimate of drug-likeness (QED) is 0.731. The second kappa shape index (κ2) is 3.84. The lowest BCUT2D eigenvalue weighted by molar-refractivity contribution is -0.0868. The van der Waals surface area contributed by atoms with Crippen molar-refractivity contribution in [1.82, 2.24) is 5.32 Å². The Kier molecular flexibility index (Phi) is 3.30. The first-order valence-corrected chi connectivity index (χ1v) is 6.09. The molecule has 1 aliphatic carbocycles. The first-order chi connectivity index (χ1) is 6.42. The third-order valence-electron chi connectivity index (χ3n) is 4.57. The summed E-state index contributed by atoms with van der Waals surface area (Å²) in [5.74, 6) is 0.891. The molecule has 0 saturated heterocycles. The van der Waals surface area contributed by atoms with E-state index in [9.17, 15) is 0 Å². The SMILES string of the molecule is CCC1(CC)C(NC)CC1C(C)(C)C. The summed E-state index contributed by atoms with van der Waals surface area (Å²) in [6.07, 6.45) is 4.00. The Morgan fingerprint density at radius 1 is 1.21 bits per heavy atom. The van der Waals surface area contributed by atoms with E-state index in [1.165, 1.54) is 19.3 Å². The summed E-state index contributed by atoms with van der Waals surface area (Å²) in [5, 5.41) is 3.50. The molecule has 1 nitrogen and oxygen atoms in total. The van der Waals surface area contributed by atoms with Crippen molar-refractivity contribution >= 4 is 0 Å². The topological polar surface area (TPSA) is 12.0 Å². The standard InChI is InChI=1S/C13H27N/c1-7-13(8-2)10(12(3,4)5)9-11(13)14-6/h10-11,14H,7-9H2,1-6H3. The Morgan fingerprint density at radius 3 is 2.00 bits per heavy atom. The van der Waals surface area contributed by atoms with Gasteiger partial charge in [0.2, 0.25) is 0 Å². The highest BCUT2D eigenvalue weighted by molar-refractivity contribution is 5.08. The Labute approximate surface area is 89.7 Å². The Hall–Kier alpha value is -0.0400. The van der Waals surface area contributed by atoms with E-state index in [0.29, 0.717) is 10.8 Å². The van der Waals surface area contributed by atoms with Crippen molar-refractivity contribution in [2.24, 2.45) is 16.7 Å². The lowest BCUT2D eigenvalue weighted by atomic mass is 9.47. The maximum atomic E-state index is 3.50. The van der Waals surface area contributed by atoms with Gasteiger partial charge in [0.1, 0.15) is 0 Å². The zero-order valence-corrected chi connectivity index (χ0v) is 10.8. The normalized spacial score (nSPS) is 31.3. The third kappa shape index (κ3) is 1.60. The molecule has 1 rings (SSSR count). The fourth-order valence-electron chi connectivity index (χ4n) is 3.64. The van der Waals surface area contributed by atoms with Crippen molar-refractivity contribution in [1.29, 1.82) is 0 Å². The largest absolute Gasteiger partial charge is 0.316 e. The van der Waals surface area contributed by atoms with Crippen LogP contribution in [0.3, 0.4) is 0 Å². The predicted molar refractivity (Wildman–Crippen MR) is 63.4 cm³/mol. The van der Waals surface area contributed by atoms with Gasteiger partial charge in [0.15, 0.2) is 0 Å². The van der Waals surface area contributed by atoms with Gasteiger partial charge in [-0.2, -0.15) is 0 Å². The second-order valence-corrected chi connectivity index (χ2v) is 5.94. The van der Waals surface area contributed by atoms with Crippen LogP contribution in [0.15, 0.2) is 0 Å². The molecule has 1 saturated carbocycles. The van der Waals surface area contributed by atoms with Crippen LogP contribution < -0.4 is 5.32 Å². The van der Waals surface area contributed by atoms with Gasteiger partial charge < -0.3 is 5.32 Å². The van der Waals surface area contributed by atoms with Gasteiger partial charge >= 0.3 is 0 Å². The minimum Gasteiger partial charge on any atom is -0.316 e. The fraction of sp³-hybridized carbons (Fsp3) is 1.00. The Bertz CT molecular complexity index is 186. The van der Waals surface area contributed by atoms with E-state index in [2.05, 4.69) is 47.0 Å². The summed E-state index contributed by atoms with van der Waals surface area (Å²) in [6.45, 7) is 11.9. The van der Waals surface area contributed by atoms with Gasteiger partial charge in [0, 0.05) is 6.04 Å².